The highest BCUT2D eigenvalue weighted by atomic mass is 32.2. The van der Waals surface area contributed by atoms with Gasteiger partial charge in [0.1, 0.15) is 18.2 Å². The number of benzene rings is 3. The average Bonchev–Trinajstić information content (AvgIpc) is 3.02. The molecule has 0 fully saturated rings. The van der Waals surface area contributed by atoms with Crippen LogP contribution < -0.4 is 14.8 Å². The Morgan fingerprint density at radius 1 is 1.00 bits per heavy atom. The van der Waals surface area contributed by atoms with Gasteiger partial charge in [-0.15, -0.1) is 0 Å². The number of aliphatic imine (C=N–C) groups is 1. The summed E-state index contributed by atoms with van der Waals surface area (Å²) in [5, 5.41) is 4.92. The summed E-state index contributed by atoms with van der Waals surface area (Å²) in [6.45, 7) is 0.901. The Balaban J connectivity index is 1.25. The van der Waals surface area contributed by atoms with Gasteiger partial charge in [0, 0.05) is 17.4 Å². The van der Waals surface area contributed by atoms with E-state index in [-0.39, 0.29) is 29.6 Å². The Morgan fingerprint density at radius 3 is 2.67 bits per heavy atom. The van der Waals surface area contributed by atoms with Crippen molar-refractivity contribution in [2.75, 3.05) is 19.7 Å². The van der Waals surface area contributed by atoms with E-state index in [4.69, 9.17) is 4.74 Å². The quantitative estimate of drug-likeness (QED) is 0.571. The van der Waals surface area contributed by atoms with E-state index in [9.17, 15) is 13.2 Å². The van der Waals surface area contributed by atoms with Crippen LogP contribution in [-0.2, 0) is 14.8 Å². The molecule has 1 aliphatic heterocycles. The summed E-state index contributed by atoms with van der Waals surface area (Å²) < 4.78 is 32.3. The topological polar surface area (TPSA) is 96.9 Å². The number of fused-ring (bicyclic) bond motifs is 2. The highest BCUT2D eigenvalue weighted by Gasteiger charge is 2.29. The van der Waals surface area contributed by atoms with Gasteiger partial charge < -0.3 is 10.1 Å². The van der Waals surface area contributed by atoms with Crippen molar-refractivity contribution in [1.29, 1.82) is 0 Å². The molecule has 0 saturated heterocycles. The third-order valence-electron chi connectivity index (χ3n) is 4.70. The molecule has 0 spiro atoms. The van der Waals surface area contributed by atoms with Gasteiger partial charge in [-0.25, -0.2) is 8.42 Å². The first-order chi connectivity index (χ1) is 14.5. The summed E-state index contributed by atoms with van der Waals surface area (Å²) in [5.74, 6) is 0.883. The van der Waals surface area contributed by atoms with Gasteiger partial charge in [-0.05, 0) is 23.6 Å². The molecule has 7 nitrogen and oxygen atoms in total. The van der Waals surface area contributed by atoms with Gasteiger partial charge in [-0.3, -0.25) is 14.5 Å². The number of rotatable bonds is 7. The fourth-order valence-electron chi connectivity index (χ4n) is 3.28. The van der Waals surface area contributed by atoms with Crippen molar-refractivity contribution in [1.82, 2.24) is 10.0 Å². The van der Waals surface area contributed by atoms with Crippen LogP contribution in [0.5, 0.6) is 5.75 Å². The highest BCUT2D eigenvalue weighted by Crippen LogP contribution is 2.25. The smallest absolute Gasteiger partial charge is 0.263 e. The molecule has 0 atom stereocenters. The second-order valence-electron chi connectivity index (χ2n) is 6.76. The second-order valence-corrected chi connectivity index (χ2v) is 8.41. The molecule has 4 rings (SSSR count). The molecule has 3 aromatic carbocycles. The molecule has 3 aromatic rings. The van der Waals surface area contributed by atoms with Gasteiger partial charge in [-0.1, -0.05) is 48.5 Å². The summed E-state index contributed by atoms with van der Waals surface area (Å²) in [6.07, 6.45) is 0.154. The number of amides is 1. The molecule has 0 aromatic heterocycles. The maximum Gasteiger partial charge on any atom is 0.263 e. The minimum absolute atomic E-state index is 0.154. The second kappa shape index (κ2) is 8.54. The van der Waals surface area contributed by atoms with Crippen LogP contribution in [0.1, 0.15) is 12.0 Å². The van der Waals surface area contributed by atoms with Crippen molar-refractivity contribution in [3.63, 3.8) is 0 Å². The zero-order valence-corrected chi connectivity index (χ0v) is 17.0. The number of ether oxygens (including phenoxy) is 1. The number of hydrogen-bond donors (Lipinski definition) is 2. The van der Waals surface area contributed by atoms with Crippen molar-refractivity contribution < 1.29 is 17.9 Å². The number of amidine groups is 1. The molecule has 2 N–H and O–H groups in total. The zero-order chi connectivity index (χ0) is 21.0. The lowest BCUT2D eigenvalue weighted by atomic mass is 10.1. The van der Waals surface area contributed by atoms with Gasteiger partial charge in [0.2, 0.25) is 5.91 Å². The number of nitrogens with zero attached hydrogens (tertiary/aromatic N) is 1. The first-order valence-electron chi connectivity index (χ1n) is 9.58. The lowest BCUT2D eigenvalue weighted by Gasteiger charge is -2.10. The Kier molecular flexibility index (Phi) is 5.67. The summed E-state index contributed by atoms with van der Waals surface area (Å²) in [6, 6.07) is 20.5. The molecular formula is C22H21N3O4S. The maximum atomic E-state index is 12.0. The number of hydrogen-bond acceptors (Lipinski definition) is 5. The SMILES string of the molecule is O=C(CCN=C1NS(=O)(=O)c2ccccc21)NCCOc1cccc2ccccc12. The molecule has 8 heteroatoms. The molecule has 0 saturated carbocycles. The van der Waals surface area contributed by atoms with E-state index >= 15 is 0 Å². The number of nitrogens with one attached hydrogen (secondary N) is 2. The molecular weight excluding hydrogens is 402 g/mol. The minimum atomic E-state index is -3.56. The molecule has 0 aliphatic carbocycles. The number of sulfonamides is 1. The van der Waals surface area contributed by atoms with E-state index in [1.807, 2.05) is 42.5 Å². The normalized spacial score (nSPS) is 15.5. The van der Waals surface area contributed by atoms with Crippen LogP contribution in [0.15, 0.2) is 76.6 Å². The standard InChI is InChI=1S/C22H21N3O4S/c26-21(12-13-24-22-18-9-3-4-11-20(18)30(27,28)25-22)23-14-15-29-19-10-5-7-16-6-1-2-8-17(16)19/h1-11H,12-15H2,(H,23,26)(H,24,25). The van der Waals surface area contributed by atoms with Crippen LogP contribution in [-0.4, -0.2) is 39.9 Å². The average molecular weight is 423 g/mol. The van der Waals surface area contributed by atoms with E-state index in [1.165, 1.54) is 6.07 Å². The predicted molar refractivity (Wildman–Crippen MR) is 115 cm³/mol. The number of carbonyl (C=O) groups is 1. The minimum Gasteiger partial charge on any atom is -0.491 e. The van der Waals surface area contributed by atoms with Gasteiger partial charge in [0.15, 0.2) is 0 Å². The largest absolute Gasteiger partial charge is 0.491 e. The van der Waals surface area contributed by atoms with Crippen molar-refractivity contribution in [2.45, 2.75) is 11.3 Å². The van der Waals surface area contributed by atoms with Crippen molar-refractivity contribution in [3.05, 3.63) is 72.3 Å². The maximum absolute atomic E-state index is 12.0. The first kappa shape index (κ1) is 19.9. The molecule has 0 bridgehead atoms. The predicted octanol–water partition coefficient (Wildman–Crippen LogP) is 2.46. The summed E-state index contributed by atoms with van der Waals surface area (Å²) in [5.41, 5.74) is 0.529. The van der Waals surface area contributed by atoms with E-state index < -0.39 is 10.0 Å². The van der Waals surface area contributed by atoms with Crippen LogP contribution >= 0.6 is 0 Å². The third-order valence-corrected chi connectivity index (χ3v) is 6.10. The van der Waals surface area contributed by atoms with Crippen molar-refractivity contribution >= 4 is 32.5 Å². The number of carbonyl (C=O) groups excluding carboxylic acids is 1. The van der Waals surface area contributed by atoms with Gasteiger partial charge >= 0.3 is 0 Å². The first-order valence-corrected chi connectivity index (χ1v) is 11.1. The monoisotopic (exact) mass is 423 g/mol. The molecule has 1 heterocycles. The zero-order valence-electron chi connectivity index (χ0n) is 16.2. The van der Waals surface area contributed by atoms with Gasteiger partial charge in [0.05, 0.1) is 18.0 Å². The Morgan fingerprint density at radius 2 is 1.77 bits per heavy atom. The van der Waals surface area contributed by atoms with Gasteiger partial charge in [0.25, 0.3) is 10.0 Å². The van der Waals surface area contributed by atoms with E-state index in [0.717, 1.165) is 16.5 Å². The van der Waals surface area contributed by atoms with Crippen LogP contribution in [0.2, 0.25) is 0 Å². The highest BCUT2D eigenvalue weighted by molar-refractivity contribution is 7.90. The molecule has 154 valence electrons. The lowest BCUT2D eigenvalue weighted by molar-refractivity contribution is -0.120. The molecule has 0 unspecified atom stereocenters. The molecule has 0 radical (unpaired) electrons. The summed E-state index contributed by atoms with van der Waals surface area (Å²) in [4.78, 5) is 16.5. The van der Waals surface area contributed by atoms with E-state index in [2.05, 4.69) is 15.0 Å². The fraction of sp³-hybridized carbons (Fsp3) is 0.182. The van der Waals surface area contributed by atoms with Crippen molar-refractivity contribution in [3.8, 4) is 5.75 Å². The van der Waals surface area contributed by atoms with Crippen molar-refractivity contribution in [2.24, 2.45) is 4.99 Å². The van der Waals surface area contributed by atoms with Gasteiger partial charge in [-0.2, -0.15) is 0 Å². The summed E-state index contributed by atoms with van der Waals surface area (Å²) >= 11 is 0. The Bertz CT molecular complexity index is 1220. The van der Waals surface area contributed by atoms with E-state index in [0.29, 0.717) is 18.7 Å². The fourth-order valence-corrected chi connectivity index (χ4v) is 4.53. The lowest BCUT2D eigenvalue weighted by Crippen LogP contribution is -2.29. The third kappa shape index (κ3) is 4.28. The molecule has 1 amide bonds. The van der Waals surface area contributed by atoms with Crippen LogP contribution in [0.25, 0.3) is 10.8 Å². The Hall–Kier alpha value is -3.39. The molecule has 1 aliphatic rings. The van der Waals surface area contributed by atoms with Crippen LogP contribution in [0.4, 0.5) is 0 Å². The van der Waals surface area contributed by atoms with Crippen LogP contribution in [0.3, 0.4) is 0 Å². The van der Waals surface area contributed by atoms with E-state index in [1.54, 1.807) is 18.2 Å². The summed E-state index contributed by atoms with van der Waals surface area (Å²) in [7, 11) is -3.56. The van der Waals surface area contributed by atoms with Crippen LogP contribution in [0, 0.1) is 0 Å². The Labute approximate surface area is 174 Å². The molecule has 30 heavy (non-hydrogen) atoms.